The normalized spacial score (nSPS) is 10.2. The van der Waals surface area contributed by atoms with Gasteiger partial charge in [0.25, 0.3) is 0 Å². The molecule has 6 heteroatoms. The van der Waals surface area contributed by atoms with Crippen molar-refractivity contribution in [2.45, 2.75) is 20.0 Å². The molecule has 0 unspecified atom stereocenters. The van der Waals surface area contributed by atoms with Crippen LogP contribution >= 0.6 is 0 Å². The topological polar surface area (TPSA) is 76.7 Å². The maximum atomic E-state index is 12.2. The molecule has 0 spiro atoms. The van der Waals surface area contributed by atoms with Gasteiger partial charge in [-0.25, -0.2) is 4.79 Å². The van der Waals surface area contributed by atoms with Crippen LogP contribution in [0.5, 0.6) is 5.75 Å². The molecule has 0 aromatic heterocycles. The summed E-state index contributed by atoms with van der Waals surface area (Å²) < 4.78 is 10.9. The molecule has 160 valence electrons. The summed E-state index contributed by atoms with van der Waals surface area (Å²) in [5, 5.41) is 5.89. The number of anilines is 2. The Morgan fingerprint density at radius 1 is 0.871 bits per heavy atom. The van der Waals surface area contributed by atoms with E-state index < -0.39 is 0 Å². The number of carbonyl (C=O) groups is 2. The van der Waals surface area contributed by atoms with E-state index in [9.17, 15) is 9.59 Å². The molecule has 0 aliphatic rings. The van der Waals surface area contributed by atoms with Crippen molar-refractivity contribution in [2.24, 2.45) is 0 Å². The molecule has 0 saturated carbocycles. The highest BCUT2D eigenvalue weighted by atomic mass is 16.5. The summed E-state index contributed by atoms with van der Waals surface area (Å²) in [6, 6.07) is 24.0. The fourth-order valence-electron chi connectivity index (χ4n) is 2.79. The van der Waals surface area contributed by atoms with E-state index in [2.05, 4.69) is 10.6 Å². The van der Waals surface area contributed by atoms with Crippen molar-refractivity contribution < 1.29 is 19.1 Å². The van der Waals surface area contributed by atoms with Gasteiger partial charge in [-0.2, -0.15) is 0 Å². The maximum Gasteiger partial charge on any atom is 0.338 e. The first-order valence-corrected chi connectivity index (χ1v) is 10.2. The van der Waals surface area contributed by atoms with Gasteiger partial charge in [0, 0.05) is 17.4 Å². The van der Waals surface area contributed by atoms with Crippen LogP contribution in [0.3, 0.4) is 0 Å². The van der Waals surface area contributed by atoms with Crippen LogP contribution in [0.25, 0.3) is 0 Å². The zero-order valence-electron chi connectivity index (χ0n) is 17.5. The third-order valence-electron chi connectivity index (χ3n) is 4.38. The lowest BCUT2D eigenvalue weighted by molar-refractivity contribution is -0.114. The zero-order chi connectivity index (χ0) is 21.9. The van der Waals surface area contributed by atoms with Gasteiger partial charge >= 0.3 is 5.97 Å². The van der Waals surface area contributed by atoms with Crippen molar-refractivity contribution in [3.8, 4) is 5.75 Å². The summed E-state index contributed by atoms with van der Waals surface area (Å²) in [7, 11) is 0. The molecule has 0 radical (unpaired) electrons. The summed E-state index contributed by atoms with van der Waals surface area (Å²) in [6.45, 7) is 2.91. The predicted octanol–water partition coefficient (Wildman–Crippen LogP) is 4.88. The van der Waals surface area contributed by atoms with Gasteiger partial charge in [0.1, 0.15) is 12.4 Å². The predicted molar refractivity (Wildman–Crippen MR) is 121 cm³/mol. The van der Waals surface area contributed by atoms with Gasteiger partial charge in [0.15, 0.2) is 0 Å². The number of hydrogen-bond donors (Lipinski definition) is 2. The average molecular weight is 418 g/mol. The van der Waals surface area contributed by atoms with Crippen LogP contribution in [0.1, 0.15) is 29.3 Å². The van der Waals surface area contributed by atoms with E-state index in [4.69, 9.17) is 9.47 Å². The number of esters is 1. The van der Waals surface area contributed by atoms with E-state index in [0.29, 0.717) is 24.5 Å². The highest BCUT2D eigenvalue weighted by molar-refractivity contribution is 5.95. The number of nitrogens with one attached hydrogen (secondary N) is 2. The van der Waals surface area contributed by atoms with E-state index in [1.807, 2.05) is 61.5 Å². The minimum atomic E-state index is -0.365. The Balaban J connectivity index is 1.46. The van der Waals surface area contributed by atoms with E-state index in [1.54, 1.807) is 24.3 Å². The van der Waals surface area contributed by atoms with Crippen LogP contribution in [0, 0.1) is 0 Å². The number of amides is 1. The van der Waals surface area contributed by atoms with Gasteiger partial charge in [-0.1, -0.05) is 43.3 Å². The van der Waals surface area contributed by atoms with Crippen molar-refractivity contribution in [1.29, 1.82) is 0 Å². The van der Waals surface area contributed by atoms with Crippen LogP contribution in [0.15, 0.2) is 78.9 Å². The highest BCUT2D eigenvalue weighted by Gasteiger charge is 2.08. The molecular weight excluding hydrogens is 392 g/mol. The quantitative estimate of drug-likeness (QED) is 0.459. The first-order valence-electron chi connectivity index (χ1n) is 10.2. The third-order valence-corrected chi connectivity index (χ3v) is 4.38. The van der Waals surface area contributed by atoms with Crippen LogP contribution in [-0.4, -0.2) is 25.0 Å². The smallest absolute Gasteiger partial charge is 0.338 e. The van der Waals surface area contributed by atoms with Gasteiger partial charge in [-0.15, -0.1) is 0 Å². The summed E-state index contributed by atoms with van der Waals surface area (Å²) in [6.07, 6.45) is 0.773. The molecule has 0 fully saturated rings. The largest absolute Gasteiger partial charge is 0.489 e. The minimum absolute atomic E-state index is 0.0996. The van der Waals surface area contributed by atoms with Crippen LogP contribution in [0.4, 0.5) is 11.4 Å². The van der Waals surface area contributed by atoms with Crippen molar-refractivity contribution in [1.82, 2.24) is 0 Å². The molecule has 2 N–H and O–H groups in total. The Kier molecular flexibility index (Phi) is 8.05. The third kappa shape index (κ3) is 7.19. The summed E-state index contributed by atoms with van der Waals surface area (Å²) in [5.41, 5.74) is 2.94. The van der Waals surface area contributed by atoms with Crippen molar-refractivity contribution in [3.05, 3.63) is 90.0 Å². The number of ether oxygens (including phenoxy) is 2. The number of rotatable bonds is 10. The monoisotopic (exact) mass is 418 g/mol. The molecule has 0 aliphatic carbocycles. The lowest BCUT2D eigenvalue weighted by atomic mass is 10.2. The van der Waals surface area contributed by atoms with Gasteiger partial charge < -0.3 is 20.1 Å². The molecule has 3 aromatic rings. The fourth-order valence-corrected chi connectivity index (χ4v) is 2.79. The van der Waals surface area contributed by atoms with Gasteiger partial charge in [0.05, 0.1) is 18.7 Å². The lowest BCUT2D eigenvalue weighted by Crippen LogP contribution is -2.21. The van der Waals surface area contributed by atoms with E-state index in [1.165, 1.54) is 0 Å². The fraction of sp³-hybridized carbons (Fsp3) is 0.200. The van der Waals surface area contributed by atoms with Crippen molar-refractivity contribution >= 4 is 23.3 Å². The minimum Gasteiger partial charge on any atom is -0.489 e. The van der Waals surface area contributed by atoms with Crippen molar-refractivity contribution in [3.63, 3.8) is 0 Å². The van der Waals surface area contributed by atoms with Gasteiger partial charge in [-0.3, -0.25) is 4.79 Å². The summed E-state index contributed by atoms with van der Waals surface area (Å²) in [5.74, 6) is 0.160. The highest BCUT2D eigenvalue weighted by Crippen LogP contribution is 2.18. The molecule has 3 rings (SSSR count). The number of benzene rings is 3. The molecule has 1 amide bonds. The second-order valence-corrected chi connectivity index (χ2v) is 6.92. The second-order valence-electron chi connectivity index (χ2n) is 6.92. The molecule has 0 bridgehead atoms. The summed E-state index contributed by atoms with van der Waals surface area (Å²) in [4.78, 5) is 24.1. The Morgan fingerprint density at radius 3 is 2.39 bits per heavy atom. The first-order chi connectivity index (χ1) is 15.1. The van der Waals surface area contributed by atoms with E-state index in [0.717, 1.165) is 23.4 Å². The van der Waals surface area contributed by atoms with Gasteiger partial charge in [-0.05, 0) is 48.4 Å². The molecule has 31 heavy (non-hydrogen) atoms. The Labute approximate surface area is 182 Å². The molecule has 0 aliphatic heterocycles. The van der Waals surface area contributed by atoms with Gasteiger partial charge in [0.2, 0.25) is 5.91 Å². The second kappa shape index (κ2) is 11.4. The molecule has 3 aromatic carbocycles. The number of hydrogen-bond acceptors (Lipinski definition) is 5. The van der Waals surface area contributed by atoms with Crippen LogP contribution in [-0.2, 0) is 16.1 Å². The average Bonchev–Trinajstić information content (AvgIpc) is 2.81. The van der Waals surface area contributed by atoms with Crippen molar-refractivity contribution in [2.75, 3.05) is 23.8 Å². The maximum absolute atomic E-state index is 12.2. The molecular formula is C25H26N2O4. The van der Waals surface area contributed by atoms with E-state index >= 15 is 0 Å². The Bertz CT molecular complexity index is 988. The zero-order valence-corrected chi connectivity index (χ0v) is 17.5. The van der Waals surface area contributed by atoms with E-state index in [-0.39, 0.29) is 18.4 Å². The van der Waals surface area contributed by atoms with Crippen LogP contribution in [0.2, 0.25) is 0 Å². The number of carbonyl (C=O) groups excluding carboxylic acids is 2. The first kappa shape index (κ1) is 21.9. The molecule has 0 saturated heterocycles. The molecule has 0 heterocycles. The molecule has 6 nitrogen and oxygen atoms in total. The Hall–Kier alpha value is -3.80. The molecule has 0 atom stereocenters. The lowest BCUT2D eigenvalue weighted by Gasteiger charge is -2.11. The Morgan fingerprint density at radius 2 is 1.65 bits per heavy atom. The van der Waals surface area contributed by atoms with Crippen LogP contribution < -0.4 is 15.4 Å². The summed E-state index contributed by atoms with van der Waals surface area (Å²) >= 11 is 0. The SMILES string of the molecule is CCCOC(=O)c1ccc(NC(=O)CNc2cccc(OCc3ccccc3)c2)cc1. The standard InChI is InChI=1S/C25H26N2O4/c1-2-15-30-25(29)20-11-13-21(14-12-20)27-24(28)17-26-22-9-6-10-23(16-22)31-18-19-7-4-3-5-8-19/h3-14,16,26H,2,15,17-18H2,1H3,(H,27,28).